The number of nitrogens with one attached hydrogen (secondary N) is 1. The maximum atomic E-state index is 11.4. The summed E-state index contributed by atoms with van der Waals surface area (Å²) in [7, 11) is 0. The van der Waals surface area contributed by atoms with E-state index in [1.165, 1.54) is 0 Å². The predicted octanol–water partition coefficient (Wildman–Crippen LogP) is 2.56. The molecule has 2 atom stereocenters. The van der Waals surface area contributed by atoms with Crippen molar-refractivity contribution in [3.8, 4) is 0 Å². The van der Waals surface area contributed by atoms with Gasteiger partial charge in [-0.25, -0.2) is 5.84 Å². The van der Waals surface area contributed by atoms with Gasteiger partial charge in [-0.15, -0.1) is 11.8 Å². The molecule has 1 amide bonds. The van der Waals surface area contributed by atoms with Crippen molar-refractivity contribution < 1.29 is 4.79 Å². The van der Waals surface area contributed by atoms with Gasteiger partial charge < -0.3 is 0 Å². The minimum atomic E-state index is -0.130. The van der Waals surface area contributed by atoms with Gasteiger partial charge in [0.15, 0.2) is 0 Å². The fraction of sp³-hybridized carbons (Fsp3) is 0.364. The largest absolute Gasteiger partial charge is 0.294 e. The highest BCUT2D eigenvalue weighted by Gasteiger charge is 2.20. The molecule has 16 heavy (non-hydrogen) atoms. The Bertz CT molecular complexity index is 373. The lowest BCUT2D eigenvalue weighted by atomic mass is 10.1. The third-order valence-corrected chi connectivity index (χ3v) is 4.18. The van der Waals surface area contributed by atoms with Crippen LogP contribution in [0, 0.1) is 5.92 Å². The van der Waals surface area contributed by atoms with Crippen molar-refractivity contribution >= 4 is 33.6 Å². The number of carbonyl (C=O) groups excluding carboxylic acids is 1. The van der Waals surface area contributed by atoms with Crippen LogP contribution < -0.4 is 11.3 Å². The molecule has 5 heteroatoms. The fourth-order valence-corrected chi connectivity index (χ4v) is 2.86. The maximum Gasteiger partial charge on any atom is 0.237 e. The molecule has 0 aliphatic rings. The Balaban J connectivity index is 2.64. The Morgan fingerprint density at radius 2 is 2.19 bits per heavy atom. The van der Waals surface area contributed by atoms with E-state index in [1.54, 1.807) is 11.8 Å². The Hall–Kier alpha value is -0.520. The molecule has 0 bridgehead atoms. The second kappa shape index (κ2) is 6.27. The average molecular weight is 303 g/mol. The van der Waals surface area contributed by atoms with Gasteiger partial charge in [-0.05, 0) is 18.2 Å². The van der Waals surface area contributed by atoms with Gasteiger partial charge in [0, 0.05) is 20.5 Å². The second-order valence-electron chi connectivity index (χ2n) is 3.58. The van der Waals surface area contributed by atoms with E-state index in [-0.39, 0.29) is 17.1 Å². The number of rotatable bonds is 4. The van der Waals surface area contributed by atoms with E-state index in [0.717, 1.165) is 9.37 Å². The number of carbonyl (C=O) groups is 1. The molecule has 0 saturated heterocycles. The first-order valence-electron chi connectivity index (χ1n) is 4.97. The molecule has 1 aromatic rings. The van der Waals surface area contributed by atoms with E-state index < -0.39 is 0 Å². The summed E-state index contributed by atoms with van der Waals surface area (Å²) in [5.41, 5.74) is 2.18. The molecular formula is C11H15BrN2OS. The minimum Gasteiger partial charge on any atom is -0.294 e. The van der Waals surface area contributed by atoms with E-state index in [9.17, 15) is 4.79 Å². The topological polar surface area (TPSA) is 55.1 Å². The van der Waals surface area contributed by atoms with Crippen LogP contribution >= 0.6 is 27.7 Å². The number of nitrogens with two attached hydrogens (primary N) is 1. The van der Waals surface area contributed by atoms with E-state index in [4.69, 9.17) is 5.84 Å². The zero-order valence-electron chi connectivity index (χ0n) is 9.24. The molecule has 0 heterocycles. The average Bonchev–Trinajstić information content (AvgIpc) is 2.27. The van der Waals surface area contributed by atoms with Crippen molar-refractivity contribution in [2.75, 3.05) is 0 Å². The quantitative estimate of drug-likeness (QED) is 0.389. The van der Waals surface area contributed by atoms with Gasteiger partial charge in [0.2, 0.25) is 5.91 Å². The molecule has 3 N–H and O–H groups in total. The molecule has 3 nitrogen and oxygen atoms in total. The number of benzene rings is 1. The zero-order chi connectivity index (χ0) is 12.1. The first-order chi connectivity index (χ1) is 7.54. The lowest BCUT2D eigenvalue weighted by Crippen LogP contribution is -2.38. The molecule has 0 fully saturated rings. The van der Waals surface area contributed by atoms with Crippen molar-refractivity contribution in [2.24, 2.45) is 11.8 Å². The number of halogens is 1. The van der Waals surface area contributed by atoms with Crippen LogP contribution in [0.4, 0.5) is 0 Å². The highest BCUT2D eigenvalue weighted by molar-refractivity contribution is 9.10. The number of amides is 1. The van der Waals surface area contributed by atoms with Crippen LogP contribution in [0.5, 0.6) is 0 Å². The SMILES string of the molecule is CC(Sc1cccc(Br)c1)C(C)C(=O)NN. The van der Waals surface area contributed by atoms with Crippen LogP contribution in [-0.2, 0) is 4.79 Å². The van der Waals surface area contributed by atoms with Gasteiger partial charge in [0.05, 0.1) is 0 Å². The van der Waals surface area contributed by atoms with Crippen LogP contribution in [-0.4, -0.2) is 11.2 Å². The number of thioether (sulfide) groups is 1. The smallest absolute Gasteiger partial charge is 0.237 e. The first-order valence-corrected chi connectivity index (χ1v) is 6.64. The fourth-order valence-electron chi connectivity index (χ4n) is 1.20. The lowest BCUT2D eigenvalue weighted by molar-refractivity contribution is -0.124. The van der Waals surface area contributed by atoms with Crippen LogP contribution in [0.2, 0.25) is 0 Å². The Labute approximate surface area is 108 Å². The van der Waals surface area contributed by atoms with Gasteiger partial charge in [-0.1, -0.05) is 35.8 Å². The molecule has 1 rings (SSSR count). The van der Waals surface area contributed by atoms with Gasteiger partial charge in [-0.3, -0.25) is 10.2 Å². The second-order valence-corrected chi connectivity index (χ2v) is 5.94. The summed E-state index contributed by atoms with van der Waals surface area (Å²) in [4.78, 5) is 12.5. The van der Waals surface area contributed by atoms with Crippen LogP contribution in [0.25, 0.3) is 0 Å². The molecule has 0 saturated carbocycles. The third-order valence-electron chi connectivity index (χ3n) is 2.38. The summed E-state index contributed by atoms with van der Waals surface area (Å²) < 4.78 is 1.04. The number of hydrogen-bond acceptors (Lipinski definition) is 3. The number of hydrogen-bond donors (Lipinski definition) is 2. The molecule has 0 aromatic heterocycles. The summed E-state index contributed by atoms with van der Waals surface area (Å²) in [6, 6.07) is 8.02. The van der Waals surface area contributed by atoms with Crippen LogP contribution in [0.1, 0.15) is 13.8 Å². The summed E-state index contributed by atoms with van der Waals surface area (Å²) in [5.74, 6) is 4.87. The predicted molar refractivity (Wildman–Crippen MR) is 71.0 cm³/mol. The van der Waals surface area contributed by atoms with Gasteiger partial charge >= 0.3 is 0 Å². The molecule has 0 spiro atoms. The molecule has 0 radical (unpaired) electrons. The Kier molecular flexibility index (Phi) is 5.31. The van der Waals surface area contributed by atoms with Crippen molar-refractivity contribution in [3.63, 3.8) is 0 Å². The monoisotopic (exact) mass is 302 g/mol. The molecule has 1 aromatic carbocycles. The molecule has 0 aliphatic carbocycles. The minimum absolute atomic E-state index is 0.117. The lowest BCUT2D eigenvalue weighted by Gasteiger charge is -2.17. The molecular weight excluding hydrogens is 288 g/mol. The normalized spacial score (nSPS) is 14.2. The van der Waals surface area contributed by atoms with Crippen LogP contribution in [0.15, 0.2) is 33.6 Å². The van der Waals surface area contributed by atoms with E-state index in [2.05, 4.69) is 21.4 Å². The van der Waals surface area contributed by atoms with E-state index in [1.807, 2.05) is 38.1 Å². The van der Waals surface area contributed by atoms with Crippen LogP contribution in [0.3, 0.4) is 0 Å². The first kappa shape index (κ1) is 13.5. The number of hydrazine groups is 1. The Morgan fingerprint density at radius 1 is 1.50 bits per heavy atom. The van der Waals surface area contributed by atoms with Crippen molar-refractivity contribution in [1.29, 1.82) is 0 Å². The van der Waals surface area contributed by atoms with Crippen molar-refractivity contribution in [1.82, 2.24) is 5.43 Å². The van der Waals surface area contributed by atoms with Crippen molar-refractivity contribution in [3.05, 3.63) is 28.7 Å². The highest BCUT2D eigenvalue weighted by atomic mass is 79.9. The maximum absolute atomic E-state index is 11.4. The molecule has 0 aliphatic heterocycles. The van der Waals surface area contributed by atoms with Crippen molar-refractivity contribution in [2.45, 2.75) is 24.0 Å². The highest BCUT2D eigenvalue weighted by Crippen LogP contribution is 2.29. The van der Waals surface area contributed by atoms with E-state index in [0.29, 0.717) is 0 Å². The van der Waals surface area contributed by atoms with Gasteiger partial charge in [-0.2, -0.15) is 0 Å². The van der Waals surface area contributed by atoms with Gasteiger partial charge in [0.25, 0.3) is 0 Å². The Morgan fingerprint density at radius 3 is 2.75 bits per heavy atom. The summed E-state index contributed by atoms with van der Waals surface area (Å²) in [6.07, 6.45) is 0. The summed E-state index contributed by atoms with van der Waals surface area (Å²) in [6.45, 7) is 3.89. The zero-order valence-corrected chi connectivity index (χ0v) is 11.6. The summed E-state index contributed by atoms with van der Waals surface area (Å²) in [5, 5.41) is 0.179. The van der Waals surface area contributed by atoms with E-state index >= 15 is 0 Å². The third kappa shape index (κ3) is 3.81. The standard InChI is InChI=1S/C11H15BrN2OS/c1-7(11(15)14-13)8(2)16-10-5-3-4-9(12)6-10/h3-8H,13H2,1-2H3,(H,14,15). The summed E-state index contributed by atoms with van der Waals surface area (Å²) >= 11 is 5.08. The molecule has 88 valence electrons. The van der Waals surface area contributed by atoms with Gasteiger partial charge in [0.1, 0.15) is 0 Å². The molecule has 2 unspecified atom stereocenters.